The zero-order valence-corrected chi connectivity index (χ0v) is 10.6. The van der Waals surface area contributed by atoms with Crippen molar-refractivity contribution < 1.29 is 0 Å². The van der Waals surface area contributed by atoms with Crippen LogP contribution >= 0.6 is 0 Å². The summed E-state index contributed by atoms with van der Waals surface area (Å²) >= 11 is 0. The molecule has 2 aliphatic rings. The molecule has 0 nitrogen and oxygen atoms in total. The van der Waals surface area contributed by atoms with Gasteiger partial charge in [0.25, 0.3) is 0 Å². The molecule has 0 aromatic rings. The number of rotatable bonds is 2. The summed E-state index contributed by atoms with van der Waals surface area (Å²) in [7, 11) is 0. The largest absolute Gasteiger partial charge is 0.0779 e. The van der Waals surface area contributed by atoms with Crippen LogP contribution in [-0.4, -0.2) is 0 Å². The predicted octanol–water partition coefficient (Wildman–Crippen LogP) is 4.75. The van der Waals surface area contributed by atoms with Crippen molar-refractivity contribution >= 4 is 0 Å². The molecule has 0 saturated carbocycles. The summed E-state index contributed by atoms with van der Waals surface area (Å²) in [6, 6.07) is 0. The van der Waals surface area contributed by atoms with Crippen molar-refractivity contribution in [2.45, 2.75) is 20.3 Å². The molecule has 0 N–H and O–H groups in total. The number of allylic oxidation sites excluding steroid dienone is 12. The first-order chi connectivity index (χ1) is 8.24. The van der Waals surface area contributed by atoms with Gasteiger partial charge in [0.2, 0.25) is 0 Å². The van der Waals surface area contributed by atoms with Crippen LogP contribution in [0, 0.1) is 11.8 Å². The maximum Gasteiger partial charge on any atom is -0.00260 e. The van der Waals surface area contributed by atoms with E-state index in [2.05, 4.69) is 74.6 Å². The molecule has 0 heterocycles. The molecule has 0 spiro atoms. The van der Waals surface area contributed by atoms with Crippen LogP contribution in [0.3, 0.4) is 0 Å². The first-order valence-electron chi connectivity index (χ1n) is 6.35. The Bertz CT molecular complexity index is 397. The van der Waals surface area contributed by atoms with E-state index in [1.54, 1.807) is 0 Å². The van der Waals surface area contributed by atoms with E-state index in [0.717, 1.165) is 6.42 Å². The van der Waals surface area contributed by atoms with Crippen LogP contribution in [0.2, 0.25) is 0 Å². The summed E-state index contributed by atoms with van der Waals surface area (Å²) in [5.41, 5.74) is 2.76. The van der Waals surface area contributed by atoms with E-state index < -0.39 is 0 Å². The smallest absolute Gasteiger partial charge is 0.00260 e. The molecule has 0 aromatic heterocycles. The summed E-state index contributed by atoms with van der Waals surface area (Å²) in [5.74, 6) is 1.09. The Morgan fingerprint density at radius 3 is 1.71 bits per heavy atom. The molecule has 0 fully saturated rings. The average Bonchev–Trinajstić information content (AvgIpc) is 2.62. The van der Waals surface area contributed by atoms with Crippen LogP contribution in [0.15, 0.2) is 71.9 Å². The molecule has 17 heavy (non-hydrogen) atoms. The van der Waals surface area contributed by atoms with Gasteiger partial charge in [-0.1, -0.05) is 74.6 Å². The highest BCUT2D eigenvalue weighted by Gasteiger charge is 2.02. The van der Waals surface area contributed by atoms with E-state index in [9.17, 15) is 0 Å². The van der Waals surface area contributed by atoms with Crippen LogP contribution in [0.25, 0.3) is 0 Å². The second-order valence-corrected chi connectivity index (χ2v) is 4.87. The highest BCUT2D eigenvalue weighted by atomic mass is 14.1. The number of hydrogen-bond donors (Lipinski definition) is 0. The molecule has 0 radical (unpaired) electrons. The van der Waals surface area contributed by atoms with Crippen molar-refractivity contribution in [3.8, 4) is 0 Å². The lowest BCUT2D eigenvalue weighted by Crippen LogP contribution is -1.84. The maximum atomic E-state index is 2.26. The van der Waals surface area contributed by atoms with Crippen molar-refractivity contribution in [3.63, 3.8) is 0 Å². The standard InChI is InChI=1S/C17H20/c1-14-5-3-7-16(11-9-14)13-17-8-4-6-15(2)10-12-17/h3-12,14-15H,13H2,1-2H3. The summed E-state index contributed by atoms with van der Waals surface area (Å²) < 4.78 is 0. The Balaban J connectivity index is 2.07. The van der Waals surface area contributed by atoms with Gasteiger partial charge >= 0.3 is 0 Å². The third kappa shape index (κ3) is 3.74. The van der Waals surface area contributed by atoms with Crippen LogP contribution in [0.5, 0.6) is 0 Å². The van der Waals surface area contributed by atoms with E-state index >= 15 is 0 Å². The Labute approximate surface area is 104 Å². The first-order valence-corrected chi connectivity index (χ1v) is 6.35. The van der Waals surface area contributed by atoms with Gasteiger partial charge in [0.1, 0.15) is 0 Å². The predicted molar refractivity (Wildman–Crippen MR) is 75.7 cm³/mol. The minimum absolute atomic E-state index is 0.544. The number of hydrogen-bond acceptors (Lipinski definition) is 0. The normalized spacial score (nSPS) is 27.4. The lowest BCUT2D eigenvalue weighted by Gasteiger charge is -2.02. The van der Waals surface area contributed by atoms with Gasteiger partial charge in [0, 0.05) is 0 Å². The van der Waals surface area contributed by atoms with Gasteiger partial charge in [-0.2, -0.15) is 0 Å². The van der Waals surface area contributed by atoms with Crippen LogP contribution in [0.1, 0.15) is 20.3 Å². The summed E-state index contributed by atoms with van der Waals surface area (Å²) in [5, 5.41) is 0. The molecule has 2 rings (SSSR count). The fourth-order valence-electron chi connectivity index (χ4n) is 1.97. The molecule has 0 aromatic carbocycles. The molecule has 88 valence electrons. The Hall–Kier alpha value is -1.56. The van der Waals surface area contributed by atoms with Gasteiger partial charge in [-0.05, 0) is 29.4 Å². The summed E-state index contributed by atoms with van der Waals surface area (Å²) in [4.78, 5) is 0. The SMILES string of the molecule is CC1C=CC=C(CC2=CC=CC(C)C=C2)C=C1. The Morgan fingerprint density at radius 1 is 0.765 bits per heavy atom. The molecule has 0 heteroatoms. The second kappa shape index (κ2) is 5.67. The van der Waals surface area contributed by atoms with E-state index in [4.69, 9.17) is 0 Å². The van der Waals surface area contributed by atoms with Gasteiger partial charge in [-0.15, -0.1) is 0 Å². The minimum Gasteiger partial charge on any atom is -0.0779 e. The third-order valence-corrected chi connectivity index (χ3v) is 3.09. The van der Waals surface area contributed by atoms with Crippen LogP contribution in [0.4, 0.5) is 0 Å². The highest BCUT2D eigenvalue weighted by Crippen LogP contribution is 2.20. The molecule has 0 saturated heterocycles. The van der Waals surface area contributed by atoms with Crippen molar-refractivity contribution in [2.75, 3.05) is 0 Å². The second-order valence-electron chi connectivity index (χ2n) is 4.87. The first kappa shape index (κ1) is 11.9. The van der Waals surface area contributed by atoms with Gasteiger partial charge in [0.05, 0.1) is 0 Å². The Morgan fingerprint density at radius 2 is 1.24 bits per heavy atom. The zero-order valence-electron chi connectivity index (χ0n) is 10.6. The molecular weight excluding hydrogens is 204 g/mol. The molecule has 0 bridgehead atoms. The van der Waals surface area contributed by atoms with Crippen LogP contribution in [-0.2, 0) is 0 Å². The minimum atomic E-state index is 0.544. The van der Waals surface area contributed by atoms with Gasteiger partial charge in [-0.25, -0.2) is 0 Å². The van der Waals surface area contributed by atoms with E-state index in [0.29, 0.717) is 11.8 Å². The van der Waals surface area contributed by atoms with Crippen molar-refractivity contribution in [2.24, 2.45) is 11.8 Å². The van der Waals surface area contributed by atoms with Crippen LogP contribution < -0.4 is 0 Å². The third-order valence-electron chi connectivity index (χ3n) is 3.09. The fraction of sp³-hybridized carbons (Fsp3) is 0.294. The Kier molecular flexibility index (Phi) is 3.98. The van der Waals surface area contributed by atoms with E-state index in [1.807, 2.05) is 0 Å². The lowest BCUT2D eigenvalue weighted by molar-refractivity contribution is 0.939. The summed E-state index contributed by atoms with van der Waals surface area (Å²) in [6.45, 7) is 4.41. The zero-order chi connectivity index (χ0) is 12.1. The molecule has 2 unspecified atom stereocenters. The highest BCUT2D eigenvalue weighted by molar-refractivity contribution is 5.38. The van der Waals surface area contributed by atoms with Crippen molar-refractivity contribution in [1.82, 2.24) is 0 Å². The fourth-order valence-corrected chi connectivity index (χ4v) is 1.97. The molecular formula is C17H20. The quantitative estimate of drug-likeness (QED) is 0.634. The topological polar surface area (TPSA) is 0 Å². The molecule has 2 atom stereocenters. The van der Waals surface area contributed by atoms with Gasteiger partial charge in [-0.3, -0.25) is 0 Å². The van der Waals surface area contributed by atoms with E-state index in [-0.39, 0.29) is 0 Å². The molecule has 0 aliphatic heterocycles. The average molecular weight is 224 g/mol. The molecule has 2 aliphatic carbocycles. The van der Waals surface area contributed by atoms with Gasteiger partial charge < -0.3 is 0 Å². The maximum absolute atomic E-state index is 2.26. The van der Waals surface area contributed by atoms with Gasteiger partial charge in [0.15, 0.2) is 0 Å². The summed E-state index contributed by atoms with van der Waals surface area (Å²) in [6.07, 6.45) is 23.2. The lowest BCUT2D eigenvalue weighted by atomic mass is 10.0. The molecule has 0 amide bonds. The van der Waals surface area contributed by atoms with Crippen molar-refractivity contribution in [3.05, 3.63) is 71.9 Å². The van der Waals surface area contributed by atoms with Crippen molar-refractivity contribution in [1.29, 1.82) is 0 Å². The monoisotopic (exact) mass is 224 g/mol. The van der Waals surface area contributed by atoms with E-state index in [1.165, 1.54) is 11.1 Å².